The summed E-state index contributed by atoms with van der Waals surface area (Å²) in [6, 6.07) is 0. The number of rotatable bonds is 5. The second-order valence-corrected chi connectivity index (χ2v) is 8.32. The predicted octanol–water partition coefficient (Wildman–Crippen LogP) is 5.54. The molecule has 0 N–H and O–H groups in total. The molecule has 3 unspecified atom stereocenters. The fraction of sp³-hybridized carbons (Fsp3) is 1.00. The summed E-state index contributed by atoms with van der Waals surface area (Å²) in [6.45, 7) is 2.31. The highest BCUT2D eigenvalue weighted by atomic mass is 32.2. The molecule has 0 heterocycles. The van der Waals surface area contributed by atoms with Gasteiger partial charge in [0.25, 0.3) is 0 Å². The Morgan fingerprint density at radius 1 is 1.00 bits per heavy atom. The third-order valence-corrected chi connectivity index (χ3v) is 6.84. The molecule has 5 heteroatoms. The Labute approximate surface area is 136 Å². The summed E-state index contributed by atoms with van der Waals surface area (Å²) in [4.78, 5) is 0. The van der Waals surface area contributed by atoms with Crippen molar-refractivity contribution in [3.05, 3.63) is 0 Å². The molecule has 0 aromatic heterocycles. The second-order valence-electron chi connectivity index (χ2n) is 7.25. The molecule has 3 atom stereocenters. The molecule has 2 saturated carbocycles. The first-order chi connectivity index (χ1) is 10.4. The zero-order chi connectivity index (χ0) is 16.2. The fourth-order valence-corrected chi connectivity index (χ4v) is 5.46. The van der Waals surface area contributed by atoms with Gasteiger partial charge in [-0.3, -0.25) is 0 Å². The maximum atomic E-state index is 12.7. The lowest BCUT2D eigenvalue weighted by Crippen LogP contribution is -2.32. The Morgan fingerprint density at radius 2 is 1.68 bits per heavy atom. The zero-order valence-electron chi connectivity index (χ0n) is 13.7. The molecular weight excluding hydrogens is 309 g/mol. The number of thioether (sulfide) groups is 1. The number of halogens is 3. The normalized spacial score (nSPS) is 37.2. The molecule has 0 aromatic carbocycles. The van der Waals surface area contributed by atoms with Gasteiger partial charge in [-0.2, -0.15) is 24.9 Å². The van der Waals surface area contributed by atoms with E-state index in [4.69, 9.17) is 4.74 Å². The van der Waals surface area contributed by atoms with E-state index in [0.29, 0.717) is 30.8 Å². The number of methoxy groups -OCH3 is 1. The van der Waals surface area contributed by atoms with Crippen LogP contribution in [0.4, 0.5) is 13.2 Å². The zero-order valence-corrected chi connectivity index (χ0v) is 14.5. The van der Waals surface area contributed by atoms with E-state index in [2.05, 4.69) is 6.92 Å². The molecule has 2 aliphatic rings. The molecule has 22 heavy (non-hydrogen) atoms. The van der Waals surface area contributed by atoms with Crippen LogP contribution in [0.25, 0.3) is 0 Å². The largest absolute Gasteiger partial charge is 0.391 e. The SMILES string of the molecule is COC1CCC(C)CC1CSCC1CCC(C(F)(F)F)CC1. The summed E-state index contributed by atoms with van der Waals surface area (Å²) >= 11 is 1.93. The molecule has 0 amide bonds. The minimum absolute atomic E-state index is 0.329. The quantitative estimate of drug-likeness (QED) is 0.651. The molecule has 2 fully saturated rings. The van der Waals surface area contributed by atoms with Crippen molar-refractivity contribution in [3.8, 4) is 0 Å². The molecule has 0 radical (unpaired) electrons. The first-order valence-corrected chi connectivity index (χ1v) is 9.72. The van der Waals surface area contributed by atoms with Crippen LogP contribution in [-0.4, -0.2) is 30.9 Å². The average Bonchev–Trinajstić information content (AvgIpc) is 2.47. The highest BCUT2D eigenvalue weighted by molar-refractivity contribution is 7.99. The van der Waals surface area contributed by atoms with Gasteiger partial charge in [-0.1, -0.05) is 6.92 Å². The number of hydrogen-bond acceptors (Lipinski definition) is 2. The molecule has 0 aromatic rings. The van der Waals surface area contributed by atoms with Crippen LogP contribution in [0.1, 0.15) is 51.9 Å². The molecule has 2 rings (SSSR count). The van der Waals surface area contributed by atoms with Crippen LogP contribution in [0.3, 0.4) is 0 Å². The molecule has 0 saturated heterocycles. The Hall–Kier alpha value is 0.100. The van der Waals surface area contributed by atoms with E-state index in [1.54, 1.807) is 7.11 Å². The molecule has 130 valence electrons. The van der Waals surface area contributed by atoms with Crippen molar-refractivity contribution >= 4 is 11.8 Å². The van der Waals surface area contributed by atoms with Crippen molar-refractivity contribution < 1.29 is 17.9 Å². The second kappa shape index (κ2) is 8.27. The lowest BCUT2D eigenvalue weighted by Gasteiger charge is -2.34. The average molecular weight is 338 g/mol. The molecule has 0 bridgehead atoms. The monoisotopic (exact) mass is 338 g/mol. The van der Waals surface area contributed by atoms with Crippen molar-refractivity contribution in [1.29, 1.82) is 0 Å². The van der Waals surface area contributed by atoms with Gasteiger partial charge in [0, 0.05) is 7.11 Å². The van der Waals surface area contributed by atoms with Gasteiger partial charge in [0.2, 0.25) is 0 Å². The van der Waals surface area contributed by atoms with E-state index in [0.717, 1.165) is 36.7 Å². The van der Waals surface area contributed by atoms with Crippen LogP contribution in [0, 0.1) is 23.7 Å². The standard InChI is InChI=1S/C17H29F3OS/c1-12-3-8-16(21-2)14(9-12)11-22-10-13-4-6-15(7-5-13)17(18,19)20/h12-16H,3-11H2,1-2H3. The highest BCUT2D eigenvalue weighted by Crippen LogP contribution is 2.41. The van der Waals surface area contributed by atoms with Gasteiger partial charge in [0.15, 0.2) is 0 Å². The predicted molar refractivity (Wildman–Crippen MR) is 86.1 cm³/mol. The Morgan fingerprint density at radius 3 is 2.27 bits per heavy atom. The van der Waals surface area contributed by atoms with Gasteiger partial charge in [0.1, 0.15) is 0 Å². The van der Waals surface area contributed by atoms with Crippen molar-refractivity contribution in [2.24, 2.45) is 23.7 Å². The van der Waals surface area contributed by atoms with Crippen molar-refractivity contribution in [2.75, 3.05) is 18.6 Å². The van der Waals surface area contributed by atoms with Crippen LogP contribution in [0.15, 0.2) is 0 Å². The van der Waals surface area contributed by atoms with Crippen LogP contribution in [-0.2, 0) is 4.74 Å². The van der Waals surface area contributed by atoms with Gasteiger partial charge in [-0.05, 0) is 74.2 Å². The summed E-state index contributed by atoms with van der Waals surface area (Å²) in [6.07, 6.45) is 2.17. The van der Waals surface area contributed by atoms with Gasteiger partial charge >= 0.3 is 6.18 Å². The van der Waals surface area contributed by atoms with E-state index in [9.17, 15) is 13.2 Å². The van der Waals surface area contributed by atoms with E-state index in [-0.39, 0.29) is 0 Å². The summed E-state index contributed by atoms with van der Waals surface area (Å²) in [5, 5.41) is 0. The maximum absolute atomic E-state index is 12.7. The molecule has 0 spiro atoms. The lowest BCUT2D eigenvalue weighted by atomic mass is 9.81. The van der Waals surface area contributed by atoms with Gasteiger partial charge in [0.05, 0.1) is 12.0 Å². The summed E-state index contributed by atoms with van der Waals surface area (Å²) in [7, 11) is 1.80. The minimum atomic E-state index is -3.98. The Kier molecular flexibility index (Phi) is 6.93. The van der Waals surface area contributed by atoms with Crippen LogP contribution >= 0.6 is 11.8 Å². The van der Waals surface area contributed by atoms with Crippen LogP contribution in [0.2, 0.25) is 0 Å². The number of ether oxygens (including phenoxy) is 1. The summed E-state index contributed by atoms with van der Waals surface area (Å²) in [5.41, 5.74) is 0. The van der Waals surface area contributed by atoms with Gasteiger partial charge in [-0.15, -0.1) is 0 Å². The third-order valence-electron chi connectivity index (χ3n) is 5.47. The number of hydrogen-bond donors (Lipinski definition) is 0. The summed E-state index contributed by atoms with van der Waals surface area (Å²) in [5.74, 6) is 2.94. The van der Waals surface area contributed by atoms with Gasteiger partial charge < -0.3 is 4.74 Å². The lowest BCUT2D eigenvalue weighted by molar-refractivity contribution is -0.183. The van der Waals surface area contributed by atoms with Crippen LogP contribution in [0.5, 0.6) is 0 Å². The van der Waals surface area contributed by atoms with Crippen molar-refractivity contribution in [3.63, 3.8) is 0 Å². The smallest absolute Gasteiger partial charge is 0.381 e. The van der Waals surface area contributed by atoms with Crippen LogP contribution < -0.4 is 0 Å². The fourth-order valence-electron chi connectivity index (χ4n) is 4.00. The molecule has 0 aliphatic heterocycles. The van der Waals surface area contributed by atoms with Crippen molar-refractivity contribution in [1.82, 2.24) is 0 Å². The summed E-state index contributed by atoms with van der Waals surface area (Å²) < 4.78 is 43.6. The van der Waals surface area contributed by atoms with Gasteiger partial charge in [-0.25, -0.2) is 0 Å². The Balaban J connectivity index is 1.66. The van der Waals surface area contributed by atoms with E-state index in [1.165, 1.54) is 12.8 Å². The van der Waals surface area contributed by atoms with E-state index in [1.807, 2.05) is 11.8 Å². The van der Waals surface area contributed by atoms with Crippen molar-refractivity contribution in [2.45, 2.75) is 64.1 Å². The van der Waals surface area contributed by atoms with E-state index >= 15 is 0 Å². The first kappa shape index (κ1) is 18.4. The van der Waals surface area contributed by atoms with E-state index < -0.39 is 12.1 Å². The highest BCUT2D eigenvalue weighted by Gasteiger charge is 2.41. The third kappa shape index (κ3) is 5.33. The minimum Gasteiger partial charge on any atom is -0.381 e. The Bertz CT molecular complexity index is 326. The topological polar surface area (TPSA) is 9.23 Å². The number of alkyl halides is 3. The maximum Gasteiger partial charge on any atom is 0.391 e. The molecular formula is C17H29F3OS. The molecule has 2 aliphatic carbocycles. The first-order valence-electron chi connectivity index (χ1n) is 8.57. The molecule has 1 nitrogen and oxygen atoms in total.